The number of carboxylic acids is 1. The molecule has 7 heteroatoms. The van der Waals surface area contributed by atoms with Crippen LogP contribution in [0.5, 0.6) is 0 Å². The van der Waals surface area contributed by atoms with Crippen molar-refractivity contribution in [3.8, 4) is 11.1 Å². The summed E-state index contributed by atoms with van der Waals surface area (Å²) in [7, 11) is 2.10. The van der Waals surface area contributed by atoms with E-state index in [-0.39, 0.29) is 17.8 Å². The topological polar surface area (TPSA) is 72.5 Å². The maximum atomic E-state index is 14.3. The van der Waals surface area contributed by atoms with E-state index in [1.165, 1.54) is 17.2 Å². The first-order valence-electron chi connectivity index (χ1n) is 12.2. The van der Waals surface area contributed by atoms with Crippen molar-refractivity contribution < 1.29 is 14.3 Å². The van der Waals surface area contributed by atoms with Gasteiger partial charge in [0.05, 0.1) is 12.0 Å². The lowest BCUT2D eigenvalue weighted by molar-refractivity contribution is -0.147. The summed E-state index contributed by atoms with van der Waals surface area (Å²) in [6.07, 6.45) is 7.42. The van der Waals surface area contributed by atoms with Gasteiger partial charge in [-0.3, -0.25) is 9.69 Å². The van der Waals surface area contributed by atoms with Crippen LogP contribution in [0.4, 0.5) is 10.1 Å². The van der Waals surface area contributed by atoms with Gasteiger partial charge in [0, 0.05) is 60.3 Å². The van der Waals surface area contributed by atoms with Gasteiger partial charge >= 0.3 is 5.97 Å². The number of pyridine rings is 1. The average molecular weight is 461 g/mol. The van der Waals surface area contributed by atoms with Gasteiger partial charge in [-0.1, -0.05) is 13.0 Å². The Bertz CT molecular complexity index is 1320. The molecule has 1 saturated carbocycles. The van der Waals surface area contributed by atoms with Crippen molar-refractivity contribution >= 4 is 28.3 Å². The number of aromatic nitrogens is 2. The minimum Gasteiger partial charge on any atom is -0.481 e. The molecular weight excluding hydrogens is 431 g/mol. The van der Waals surface area contributed by atoms with Crippen molar-refractivity contribution in [2.45, 2.75) is 44.7 Å². The van der Waals surface area contributed by atoms with Crippen LogP contribution < -0.4 is 4.90 Å². The summed E-state index contributed by atoms with van der Waals surface area (Å²) in [6, 6.07) is 7.57. The van der Waals surface area contributed by atoms with Gasteiger partial charge in [-0.2, -0.15) is 0 Å². The minimum atomic E-state index is -0.670. The van der Waals surface area contributed by atoms with E-state index in [1.807, 2.05) is 12.1 Å². The summed E-state index contributed by atoms with van der Waals surface area (Å²) in [5.41, 5.74) is 7.47. The number of aliphatic carboxylic acids is 1. The van der Waals surface area contributed by atoms with Gasteiger partial charge in [-0.05, 0) is 61.1 Å². The van der Waals surface area contributed by atoms with E-state index in [0.717, 1.165) is 72.3 Å². The molecule has 2 N–H and O–H groups in total. The van der Waals surface area contributed by atoms with E-state index >= 15 is 0 Å². The number of nitrogens with zero attached hydrogens (tertiary/aromatic N) is 3. The molecule has 6 nitrogen and oxygen atoms in total. The molecule has 3 aromatic rings. The summed E-state index contributed by atoms with van der Waals surface area (Å²) in [5, 5.41) is 10.3. The summed E-state index contributed by atoms with van der Waals surface area (Å²) < 4.78 is 14.3. The Morgan fingerprint density at radius 2 is 2.09 bits per heavy atom. The number of rotatable bonds is 4. The molecule has 0 amide bonds. The maximum Gasteiger partial charge on any atom is 0.306 e. The summed E-state index contributed by atoms with van der Waals surface area (Å²) in [6.45, 7) is 3.95. The predicted molar refractivity (Wildman–Crippen MR) is 131 cm³/mol. The van der Waals surface area contributed by atoms with Gasteiger partial charge in [0.15, 0.2) is 0 Å². The molecule has 0 radical (unpaired) electrons. The Kier molecular flexibility index (Phi) is 4.99. The molecule has 4 heterocycles. The van der Waals surface area contributed by atoms with Gasteiger partial charge in [0.1, 0.15) is 11.5 Å². The first kappa shape index (κ1) is 21.4. The normalized spacial score (nSPS) is 24.4. The van der Waals surface area contributed by atoms with Crippen LogP contribution >= 0.6 is 0 Å². The lowest BCUT2D eigenvalue weighted by atomic mass is 9.79. The zero-order valence-corrected chi connectivity index (χ0v) is 19.5. The molecule has 2 aromatic heterocycles. The van der Waals surface area contributed by atoms with Crippen molar-refractivity contribution in [2.24, 2.45) is 5.92 Å². The van der Waals surface area contributed by atoms with Crippen LogP contribution in [0.15, 0.2) is 36.5 Å². The van der Waals surface area contributed by atoms with E-state index in [9.17, 15) is 14.3 Å². The van der Waals surface area contributed by atoms with Gasteiger partial charge in [0.25, 0.3) is 0 Å². The van der Waals surface area contributed by atoms with E-state index in [0.29, 0.717) is 6.04 Å². The first-order chi connectivity index (χ1) is 16.5. The Morgan fingerprint density at radius 3 is 2.79 bits per heavy atom. The fraction of sp³-hybridized carbons (Fsp3) is 0.407. The number of halogens is 1. The molecular formula is C27H29FN4O2. The number of carboxylic acid groups (broad SMARTS) is 1. The van der Waals surface area contributed by atoms with Crippen LogP contribution in [-0.2, 0) is 4.79 Å². The number of nitrogens with one attached hydrogen (secondary N) is 1. The zero-order valence-electron chi connectivity index (χ0n) is 19.5. The van der Waals surface area contributed by atoms with Crippen molar-refractivity contribution in [1.29, 1.82) is 0 Å². The molecule has 6 rings (SSSR count). The van der Waals surface area contributed by atoms with E-state index in [4.69, 9.17) is 0 Å². The fourth-order valence-corrected chi connectivity index (χ4v) is 6.15. The largest absolute Gasteiger partial charge is 0.481 e. The zero-order chi connectivity index (χ0) is 23.6. The van der Waals surface area contributed by atoms with E-state index in [1.54, 1.807) is 12.3 Å². The molecule has 1 aliphatic carbocycles. The van der Waals surface area contributed by atoms with Crippen LogP contribution in [0.2, 0.25) is 0 Å². The summed E-state index contributed by atoms with van der Waals surface area (Å²) in [5.74, 6) is -1.09. The van der Waals surface area contributed by atoms with Crippen LogP contribution in [0.1, 0.15) is 49.9 Å². The molecule has 1 aromatic carbocycles. The molecule has 2 aliphatic heterocycles. The number of H-pyrrole nitrogens is 1. The summed E-state index contributed by atoms with van der Waals surface area (Å²) in [4.78, 5) is 24.2. The third-order valence-corrected chi connectivity index (χ3v) is 8.09. The predicted octanol–water partition coefficient (Wildman–Crippen LogP) is 5.22. The average Bonchev–Trinajstić information content (AvgIpc) is 3.13. The Hall–Kier alpha value is -3.19. The van der Waals surface area contributed by atoms with Crippen LogP contribution in [0.3, 0.4) is 0 Å². The Labute approximate surface area is 198 Å². The number of anilines is 1. The van der Waals surface area contributed by atoms with Gasteiger partial charge in [-0.15, -0.1) is 0 Å². The molecule has 0 unspecified atom stereocenters. The van der Waals surface area contributed by atoms with Crippen LogP contribution in [0.25, 0.3) is 27.7 Å². The number of hydrogen-bond donors (Lipinski definition) is 2. The highest BCUT2D eigenvalue weighted by Gasteiger charge is 2.39. The fourth-order valence-electron chi connectivity index (χ4n) is 6.15. The molecule has 0 spiro atoms. The van der Waals surface area contributed by atoms with Crippen molar-refractivity contribution in [3.05, 3.63) is 53.6 Å². The molecule has 3 aliphatic rings. The van der Waals surface area contributed by atoms with E-state index in [2.05, 4.69) is 39.8 Å². The smallest absolute Gasteiger partial charge is 0.306 e. The number of benzene rings is 1. The molecule has 0 saturated heterocycles. The number of fused-ring (bicyclic) bond motifs is 2. The lowest BCUT2D eigenvalue weighted by Gasteiger charge is -2.42. The molecule has 176 valence electrons. The van der Waals surface area contributed by atoms with Crippen LogP contribution in [-0.4, -0.2) is 52.1 Å². The van der Waals surface area contributed by atoms with Gasteiger partial charge in [0.2, 0.25) is 0 Å². The standard InChI is InChI=1S/C27H29FN4O2/c1-3-21-24-23-19(20-14-17(28)4-5-22(20)31(21)2)6-9-29-26(23)30-25(24)15-7-10-32(11-8-15)18-12-16(13-18)27(33)34/h4-7,9,14,16,18,21H,3,8,10-13H2,1-2H3,(H,29,30)(H,33,34)/t16-,18-,21-/m0/s1. The third kappa shape index (κ3) is 3.17. The van der Waals surface area contributed by atoms with Crippen molar-refractivity contribution in [1.82, 2.24) is 14.9 Å². The quantitative estimate of drug-likeness (QED) is 0.558. The second kappa shape index (κ2) is 7.94. The highest BCUT2D eigenvalue weighted by Crippen LogP contribution is 2.48. The molecule has 34 heavy (non-hydrogen) atoms. The Morgan fingerprint density at radius 1 is 1.26 bits per heavy atom. The highest BCUT2D eigenvalue weighted by molar-refractivity contribution is 6.03. The maximum absolute atomic E-state index is 14.3. The Balaban J connectivity index is 1.42. The number of hydrogen-bond acceptors (Lipinski definition) is 4. The molecule has 1 fully saturated rings. The van der Waals surface area contributed by atoms with Crippen molar-refractivity contribution in [2.75, 3.05) is 25.0 Å². The molecule has 1 atom stereocenters. The number of aromatic amines is 1. The number of carbonyl (C=O) groups is 1. The monoisotopic (exact) mass is 460 g/mol. The van der Waals surface area contributed by atoms with Crippen molar-refractivity contribution in [3.63, 3.8) is 0 Å². The third-order valence-electron chi connectivity index (χ3n) is 8.09. The first-order valence-corrected chi connectivity index (χ1v) is 12.2. The second-order valence-corrected chi connectivity index (χ2v) is 9.83. The second-order valence-electron chi connectivity index (χ2n) is 9.83. The minimum absolute atomic E-state index is 0.139. The van der Waals surface area contributed by atoms with E-state index < -0.39 is 5.97 Å². The summed E-state index contributed by atoms with van der Waals surface area (Å²) >= 11 is 0. The highest BCUT2D eigenvalue weighted by atomic mass is 19.1. The van der Waals surface area contributed by atoms with Gasteiger partial charge < -0.3 is 15.0 Å². The molecule has 0 bridgehead atoms. The van der Waals surface area contributed by atoms with Crippen LogP contribution in [0, 0.1) is 11.7 Å². The lowest BCUT2D eigenvalue weighted by Crippen LogP contribution is -2.48. The SMILES string of the molecule is CC[C@H]1c2c(C3=CCN([C@H]4C[C@H](C(=O)O)C4)CC3)[nH]c3nccc(c23)-c2cc(F)ccc2N1C. The van der Waals surface area contributed by atoms with Gasteiger partial charge in [-0.25, -0.2) is 9.37 Å².